The maximum Gasteiger partial charge on any atom is 0.404 e. The number of carboxylic acid groups (broad SMARTS) is 1. The first-order valence-corrected chi connectivity index (χ1v) is 7.48. The lowest BCUT2D eigenvalue weighted by Crippen LogP contribution is -2.25. The van der Waals surface area contributed by atoms with E-state index in [1.54, 1.807) is 16.8 Å². The average molecular weight is 321 g/mol. The summed E-state index contributed by atoms with van der Waals surface area (Å²) in [6.45, 7) is 1.99. The lowest BCUT2D eigenvalue weighted by molar-refractivity contribution is 0.195. The van der Waals surface area contributed by atoms with Crippen LogP contribution < -0.4 is 10.1 Å². The highest BCUT2D eigenvalue weighted by atomic mass is 19.1. The Hall–Kier alpha value is -2.57. The topological polar surface area (TPSA) is 75.9 Å². The number of halogens is 1. The highest BCUT2D eigenvalue weighted by Crippen LogP contribution is 2.16. The van der Waals surface area contributed by atoms with E-state index in [0.29, 0.717) is 12.1 Å². The van der Waals surface area contributed by atoms with Crippen LogP contribution >= 0.6 is 0 Å². The van der Waals surface area contributed by atoms with Gasteiger partial charge in [-0.05, 0) is 31.0 Å². The Morgan fingerprint density at radius 2 is 2.35 bits per heavy atom. The second-order valence-corrected chi connectivity index (χ2v) is 5.19. The van der Waals surface area contributed by atoms with Gasteiger partial charge in [0.15, 0.2) is 0 Å². The fourth-order valence-corrected chi connectivity index (χ4v) is 2.07. The van der Waals surface area contributed by atoms with Crippen LogP contribution in [-0.2, 0) is 6.42 Å². The van der Waals surface area contributed by atoms with Crippen molar-refractivity contribution in [3.05, 3.63) is 42.0 Å². The molecule has 0 unspecified atom stereocenters. The van der Waals surface area contributed by atoms with Gasteiger partial charge in [0.2, 0.25) is 0 Å². The Bertz CT molecular complexity index is 697. The zero-order valence-electron chi connectivity index (χ0n) is 13.0. The number of hydrogen-bond donors (Lipinski definition) is 2. The second kappa shape index (κ2) is 8.17. The molecule has 0 aliphatic carbocycles. The Labute approximate surface area is 133 Å². The molecule has 1 amide bonds. The predicted molar refractivity (Wildman–Crippen MR) is 84.5 cm³/mol. The normalized spacial score (nSPS) is 11.7. The molecule has 2 N–H and O–H groups in total. The summed E-state index contributed by atoms with van der Waals surface area (Å²) in [5, 5.41) is 15.1. The van der Waals surface area contributed by atoms with Crippen molar-refractivity contribution in [1.29, 1.82) is 0 Å². The summed E-state index contributed by atoms with van der Waals surface area (Å²) in [4.78, 5) is 10.4. The van der Waals surface area contributed by atoms with Crippen molar-refractivity contribution in [2.24, 2.45) is 0 Å². The highest BCUT2D eigenvalue weighted by molar-refractivity contribution is 5.64. The van der Waals surface area contributed by atoms with Crippen LogP contribution in [0.2, 0.25) is 0 Å². The number of pyridine rings is 1. The smallest absolute Gasteiger partial charge is 0.404 e. The molecule has 7 heteroatoms. The molecule has 0 fully saturated rings. The molecule has 0 radical (unpaired) electrons. The number of unbranched alkanes of at least 4 members (excludes halogenated alkanes) is 1. The summed E-state index contributed by atoms with van der Waals surface area (Å²) in [5.74, 6) is 0.539. The highest BCUT2D eigenvalue weighted by Gasteiger charge is 2.05. The lowest BCUT2D eigenvalue weighted by atomic mass is 10.2. The molecule has 0 aliphatic rings. The van der Waals surface area contributed by atoms with Gasteiger partial charge in [-0.1, -0.05) is 13.3 Å². The predicted octanol–water partition coefficient (Wildman–Crippen LogP) is 3.18. The van der Waals surface area contributed by atoms with Crippen molar-refractivity contribution in [2.75, 3.05) is 13.2 Å². The standard InChI is InChI=1S/C16H20FN3O3/c1-2-3-4-13-7-14-5-6-15(10-20(14)19-13)23-11-12(8-17)9-18-16(21)22/h5-8,10,18H,2-4,9,11H2,1H3,(H,21,22)/b12-8+. The molecule has 124 valence electrons. The molecule has 0 saturated heterocycles. The molecule has 0 spiro atoms. The second-order valence-electron chi connectivity index (χ2n) is 5.19. The van der Waals surface area contributed by atoms with Crippen molar-refractivity contribution < 1.29 is 19.0 Å². The number of carbonyl (C=O) groups is 1. The van der Waals surface area contributed by atoms with Gasteiger partial charge < -0.3 is 15.2 Å². The average Bonchev–Trinajstić information content (AvgIpc) is 2.94. The molecule has 2 rings (SSSR count). The number of amides is 1. The van der Waals surface area contributed by atoms with Crippen molar-refractivity contribution in [1.82, 2.24) is 14.9 Å². The molecular formula is C16H20FN3O3. The Kier molecular flexibility index (Phi) is 5.96. The van der Waals surface area contributed by atoms with Gasteiger partial charge in [-0.25, -0.2) is 13.7 Å². The van der Waals surface area contributed by atoms with E-state index in [9.17, 15) is 9.18 Å². The molecule has 0 atom stereocenters. The van der Waals surface area contributed by atoms with Crippen molar-refractivity contribution in [3.63, 3.8) is 0 Å². The van der Waals surface area contributed by atoms with E-state index in [0.717, 1.165) is 30.5 Å². The van der Waals surface area contributed by atoms with Gasteiger partial charge in [-0.2, -0.15) is 5.10 Å². The van der Waals surface area contributed by atoms with Crippen LogP contribution in [0, 0.1) is 0 Å². The van der Waals surface area contributed by atoms with Crippen molar-refractivity contribution >= 4 is 11.6 Å². The van der Waals surface area contributed by atoms with Gasteiger partial charge in [0.1, 0.15) is 12.4 Å². The lowest BCUT2D eigenvalue weighted by Gasteiger charge is -2.09. The Morgan fingerprint density at radius 3 is 3.04 bits per heavy atom. The van der Waals surface area contributed by atoms with Gasteiger partial charge in [0.25, 0.3) is 0 Å². The van der Waals surface area contributed by atoms with Crippen LogP contribution in [0.25, 0.3) is 5.52 Å². The van der Waals surface area contributed by atoms with E-state index in [2.05, 4.69) is 17.3 Å². The van der Waals surface area contributed by atoms with Crippen LogP contribution in [0.3, 0.4) is 0 Å². The number of fused-ring (bicyclic) bond motifs is 1. The first-order valence-electron chi connectivity index (χ1n) is 7.48. The summed E-state index contributed by atoms with van der Waals surface area (Å²) >= 11 is 0. The maximum atomic E-state index is 12.7. The minimum Gasteiger partial charge on any atom is -0.487 e. The fourth-order valence-electron chi connectivity index (χ4n) is 2.07. The molecule has 0 aromatic carbocycles. The zero-order valence-corrected chi connectivity index (χ0v) is 13.0. The van der Waals surface area contributed by atoms with Gasteiger partial charge in [-0.15, -0.1) is 0 Å². The molecule has 0 bridgehead atoms. The zero-order chi connectivity index (χ0) is 16.7. The van der Waals surface area contributed by atoms with Crippen LogP contribution in [-0.4, -0.2) is 34.0 Å². The number of nitrogens with zero attached hydrogens (tertiary/aromatic N) is 2. The molecule has 6 nitrogen and oxygen atoms in total. The van der Waals surface area contributed by atoms with Crippen LogP contribution in [0.5, 0.6) is 5.75 Å². The van der Waals surface area contributed by atoms with E-state index in [4.69, 9.17) is 9.84 Å². The molecule has 2 aromatic heterocycles. The summed E-state index contributed by atoms with van der Waals surface area (Å²) in [5.41, 5.74) is 2.20. The fraction of sp³-hybridized carbons (Fsp3) is 0.375. The summed E-state index contributed by atoms with van der Waals surface area (Å²) in [6.07, 6.45) is 4.02. The summed E-state index contributed by atoms with van der Waals surface area (Å²) in [7, 11) is 0. The SMILES string of the molecule is CCCCc1cc2ccc(OC/C(=C/F)CNC(=O)O)cn2n1. The number of nitrogens with one attached hydrogen (secondary N) is 1. The van der Waals surface area contributed by atoms with Crippen LogP contribution in [0.4, 0.5) is 9.18 Å². The molecule has 23 heavy (non-hydrogen) atoms. The molecule has 0 aliphatic heterocycles. The third-order valence-electron chi connectivity index (χ3n) is 3.31. The number of aromatic nitrogens is 2. The minimum atomic E-state index is -1.21. The largest absolute Gasteiger partial charge is 0.487 e. The Balaban J connectivity index is 1.98. The van der Waals surface area contributed by atoms with E-state index >= 15 is 0 Å². The first kappa shape index (κ1) is 16.8. The van der Waals surface area contributed by atoms with Crippen molar-refractivity contribution in [3.8, 4) is 5.75 Å². The summed E-state index contributed by atoms with van der Waals surface area (Å²) < 4.78 is 19.9. The minimum absolute atomic E-state index is 0.0355. The maximum absolute atomic E-state index is 12.7. The number of aryl methyl sites for hydroxylation is 1. The molecule has 2 aromatic rings. The van der Waals surface area contributed by atoms with Gasteiger partial charge in [0, 0.05) is 12.1 Å². The molecule has 2 heterocycles. The third-order valence-corrected chi connectivity index (χ3v) is 3.31. The first-order chi connectivity index (χ1) is 11.1. The Morgan fingerprint density at radius 1 is 1.52 bits per heavy atom. The van der Waals surface area contributed by atoms with Gasteiger partial charge >= 0.3 is 6.09 Å². The van der Waals surface area contributed by atoms with Crippen LogP contribution in [0.1, 0.15) is 25.5 Å². The number of ether oxygens (including phenoxy) is 1. The molecular weight excluding hydrogens is 301 g/mol. The number of hydrogen-bond acceptors (Lipinski definition) is 3. The van der Waals surface area contributed by atoms with E-state index in [1.807, 2.05) is 12.1 Å². The van der Waals surface area contributed by atoms with Crippen LogP contribution in [0.15, 0.2) is 36.3 Å². The van der Waals surface area contributed by atoms with Crippen molar-refractivity contribution in [2.45, 2.75) is 26.2 Å². The quantitative estimate of drug-likeness (QED) is 0.783. The third kappa shape index (κ3) is 4.98. The van der Waals surface area contributed by atoms with E-state index in [-0.39, 0.29) is 18.7 Å². The molecule has 0 saturated carbocycles. The van der Waals surface area contributed by atoms with E-state index in [1.165, 1.54) is 0 Å². The van der Waals surface area contributed by atoms with Gasteiger partial charge in [0.05, 0.1) is 23.7 Å². The number of rotatable bonds is 8. The van der Waals surface area contributed by atoms with Gasteiger partial charge in [-0.3, -0.25) is 0 Å². The van der Waals surface area contributed by atoms with E-state index < -0.39 is 6.09 Å². The summed E-state index contributed by atoms with van der Waals surface area (Å²) in [6, 6.07) is 5.69. The monoisotopic (exact) mass is 321 g/mol.